The van der Waals surface area contributed by atoms with Crippen molar-refractivity contribution in [2.75, 3.05) is 20.9 Å². The second-order valence-corrected chi connectivity index (χ2v) is 7.50. The van der Waals surface area contributed by atoms with Gasteiger partial charge in [0.05, 0.1) is 32.0 Å². The van der Waals surface area contributed by atoms with E-state index < -0.39 is 16.7 Å². The Labute approximate surface area is 159 Å². The van der Waals surface area contributed by atoms with Gasteiger partial charge in [0.2, 0.25) is 27.7 Å². The van der Waals surface area contributed by atoms with E-state index in [0.717, 1.165) is 0 Å². The lowest BCUT2D eigenvalue weighted by Crippen LogP contribution is -2.12. The molecule has 2 heterocycles. The van der Waals surface area contributed by atoms with Gasteiger partial charge in [-0.1, -0.05) is 11.6 Å². The van der Waals surface area contributed by atoms with E-state index in [9.17, 15) is 12.8 Å². The van der Waals surface area contributed by atoms with E-state index >= 15 is 0 Å². The van der Waals surface area contributed by atoms with Crippen LogP contribution in [0.4, 0.5) is 4.39 Å². The molecule has 0 radical (unpaired) electrons. The summed E-state index contributed by atoms with van der Waals surface area (Å²) < 4.78 is 48.7. The average molecular weight is 415 g/mol. The number of halogens is 2. The summed E-state index contributed by atoms with van der Waals surface area (Å²) in [6, 6.07) is 4.65. The minimum absolute atomic E-state index is 0.00725. The minimum Gasteiger partial charge on any atom is -0.481 e. The van der Waals surface area contributed by atoms with Gasteiger partial charge in [0.25, 0.3) is 0 Å². The zero-order chi connectivity index (χ0) is 19.8. The predicted octanol–water partition coefficient (Wildman–Crippen LogP) is 2.25. The van der Waals surface area contributed by atoms with Crippen molar-refractivity contribution in [2.24, 2.45) is 5.14 Å². The Hall–Kier alpha value is -2.43. The number of aromatic nitrogens is 3. The summed E-state index contributed by atoms with van der Waals surface area (Å²) in [5.41, 5.74) is 0.793. The summed E-state index contributed by atoms with van der Waals surface area (Å²) in [6.45, 7) is -0.646. The van der Waals surface area contributed by atoms with Crippen LogP contribution in [0.5, 0.6) is 11.8 Å². The molecule has 0 atom stereocenters. The van der Waals surface area contributed by atoms with Gasteiger partial charge >= 0.3 is 0 Å². The molecule has 2 N–H and O–H groups in total. The maximum absolute atomic E-state index is 12.9. The Bertz CT molecular complexity index is 1090. The number of fused-ring (bicyclic) bond motifs is 1. The van der Waals surface area contributed by atoms with E-state index in [4.69, 9.17) is 26.2 Å². The quantitative estimate of drug-likeness (QED) is 0.662. The first-order valence-corrected chi connectivity index (χ1v) is 9.61. The van der Waals surface area contributed by atoms with Gasteiger partial charge < -0.3 is 9.47 Å². The first-order chi connectivity index (χ1) is 12.8. The molecular formula is C16H16ClFN4O4S. The molecular weight excluding hydrogens is 399 g/mol. The monoisotopic (exact) mass is 414 g/mol. The molecule has 11 heteroatoms. The van der Waals surface area contributed by atoms with Crippen LogP contribution in [0.3, 0.4) is 0 Å². The lowest BCUT2D eigenvalue weighted by molar-refractivity contribution is 0.356. The van der Waals surface area contributed by atoms with Crippen molar-refractivity contribution < 1.29 is 22.3 Å². The zero-order valence-electron chi connectivity index (χ0n) is 14.4. The third-order valence-electron chi connectivity index (χ3n) is 3.90. The molecule has 0 saturated carbocycles. The predicted molar refractivity (Wildman–Crippen MR) is 98.0 cm³/mol. The highest BCUT2D eigenvalue weighted by Gasteiger charge is 2.22. The molecule has 8 nitrogen and oxygen atoms in total. The molecule has 0 aliphatic rings. The van der Waals surface area contributed by atoms with Crippen LogP contribution in [0, 0.1) is 0 Å². The number of hydrogen-bond donors (Lipinski definition) is 1. The molecule has 3 aromatic rings. The number of primary sulfonamides is 1. The fourth-order valence-corrected chi connectivity index (χ4v) is 3.65. The number of ether oxygens (including phenoxy) is 2. The van der Waals surface area contributed by atoms with Crippen molar-refractivity contribution in [1.82, 2.24) is 14.5 Å². The fourth-order valence-electron chi connectivity index (χ4n) is 2.75. The van der Waals surface area contributed by atoms with Crippen LogP contribution in [0.2, 0.25) is 5.02 Å². The summed E-state index contributed by atoms with van der Waals surface area (Å²) in [5, 5.41) is 6.06. The van der Waals surface area contributed by atoms with Crippen LogP contribution in [0.15, 0.2) is 29.3 Å². The van der Waals surface area contributed by atoms with E-state index in [2.05, 4.69) is 9.97 Å². The van der Waals surface area contributed by atoms with Crippen molar-refractivity contribution in [3.8, 4) is 17.7 Å². The van der Waals surface area contributed by atoms with Crippen molar-refractivity contribution in [3.05, 3.63) is 35.0 Å². The van der Waals surface area contributed by atoms with E-state index in [1.807, 2.05) is 0 Å². The van der Waals surface area contributed by atoms with Gasteiger partial charge in [-0.05, 0) is 18.2 Å². The number of sulfonamides is 1. The Kier molecular flexibility index (Phi) is 5.22. The maximum atomic E-state index is 12.9. The second-order valence-electron chi connectivity index (χ2n) is 5.53. The minimum atomic E-state index is -4.01. The van der Waals surface area contributed by atoms with Crippen LogP contribution in [-0.4, -0.2) is 43.8 Å². The van der Waals surface area contributed by atoms with Crippen LogP contribution < -0.4 is 14.6 Å². The highest BCUT2D eigenvalue weighted by molar-refractivity contribution is 7.89. The van der Waals surface area contributed by atoms with Gasteiger partial charge in [-0.15, -0.1) is 0 Å². The maximum Gasteiger partial charge on any atom is 0.240 e. The SMILES string of the molecule is COc1nc(-n2cc(S(N)(=O)=O)c3ccc(Cl)cc32)nc(OC)c1CCF. The lowest BCUT2D eigenvalue weighted by Gasteiger charge is -2.13. The number of nitrogens with two attached hydrogens (primary N) is 1. The van der Waals surface area contributed by atoms with Crippen molar-refractivity contribution >= 4 is 32.5 Å². The van der Waals surface area contributed by atoms with Gasteiger partial charge in [0.1, 0.15) is 4.90 Å². The molecule has 144 valence electrons. The molecule has 0 spiro atoms. The molecule has 0 aliphatic carbocycles. The molecule has 1 aromatic carbocycles. The number of nitrogens with zero attached hydrogens (tertiary/aromatic N) is 3. The standard InChI is InChI=1S/C16H16ClFN4O4S/c1-25-14-11(5-6-18)15(26-2)21-16(20-14)22-8-13(27(19,23)24)10-4-3-9(17)7-12(10)22/h3-4,7-8H,5-6H2,1-2H3,(H2,19,23,24). The average Bonchev–Trinajstić information content (AvgIpc) is 3.01. The van der Waals surface area contributed by atoms with Gasteiger partial charge in [0, 0.05) is 23.0 Å². The van der Waals surface area contributed by atoms with Gasteiger partial charge in [0.15, 0.2) is 0 Å². The van der Waals surface area contributed by atoms with Crippen LogP contribution >= 0.6 is 11.6 Å². The topological polar surface area (TPSA) is 109 Å². The summed E-state index contributed by atoms with van der Waals surface area (Å²) in [6.07, 6.45) is 1.30. The molecule has 0 bridgehead atoms. The highest BCUT2D eigenvalue weighted by Crippen LogP contribution is 2.32. The van der Waals surface area contributed by atoms with Gasteiger partial charge in [-0.3, -0.25) is 8.96 Å². The third-order valence-corrected chi connectivity index (χ3v) is 5.08. The number of benzene rings is 1. The normalized spacial score (nSPS) is 11.7. The van der Waals surface area contributed by atoms with Gasteiger partial charge in [-0.25, -0.2) is 13.6 Å². The number of methoxy groups -OCH3 is 2. The van der Waals surface area contributed by atoms with E-state index in [1.54, 1.807) is 18.2 Å². The van der Waals surface area contributed by atoms with E-state index in [0.29, 0.717) is 21.5 Å². The van der Waals surface area contributed by atoms with Crippen LogP contribution in [-0.2, 0) is 16.4 Å². The first kappa shape index (κ1) is 19.3. The van der Waals surface area contributed by atoms with E-state index in [1.165, 1.54) is 25.0 Å². The Balaban J connectivity index is 2.34. The zero-order valence-corrected chi connectivity index (χ0v) is 16.0. The summed E-state index contributed by atoms with van der Waals surface area (Å²) in [7, 11) is -1.24. The molecule has 0 saturated heterocycles. The lowest BCUT2D eigenvalue weighted by atomic mass is 10.2. The molecule has 0 aliphatic heterocycles. The Morgan fingerprint density at radius 1 is 1.22 bits per heavy atom. The van der Waals surface area contributed by atoms with Gasteiger partial charge in [-0.2, -0.15) is 9.97 Å². The molecule has 0 amide bonds. The first-order valence-electron chi connectivity index (χ1n) is 7.68. The molecule has 0 fully saturated rings. The molecule has 2 aromatic heterocycles. The number of hydrogen-bond acceptors (Lipinski definition) is 6. The molecule has 0 unspecified atom stereocenters. The summed E-state index contributed by atoms with van der Waals surface area (Å²) in [5.74, 6) is 0.305. The van der Waals surface area contributed by atoms with E-state index in [-0.39, 0.29) is 29.0 Å². The third kappa shape index (κ3) is 3.55. The number of alkyl halides is 1. The molecule has 27 heavy (non-hydrogen) atoms. The fraction of sp³-hybridized carbons (Fsp3) is 0.250. The number of rotatable bonds is 6. The van der Waals surface area contributed by atoms with Crippen LogP contribution in [0.1, 0.15) is 5.56 Å². The van der Waals surface area contributed by atoms with Crippen molar-refractivity contribution in [2.45, 2.75) is 11.3 Å². The highest BCUT2D eigenvalue weighted by atomic mass is 35.5. The summed E-state index contributed by atoms with van der Waals surface area (Å²) in [4.78, 5) is 8.43. The Morgan fingerprint density at radius 3 is 2.37 bits per heavy atom. The molecule has 3 rings (SSSR count). The smallest absolute Gasteiger partial charge is 0.240 e. The second kappa shape index (κ2) is 7.29. The van der Waals surface area contributed by atoms with Crippen molar-refractivity contribution in [3.63, 3.8) is 0 Å². The summed E-state index contributed by atoms with van der Waals surface area (Å²) >= 11 is 6.06. The largest absolute Gasteiger partial charge is 0.481 e. The van der Waals surface area contributed by atoms with Crippen LogP contribution in [0.25, 0.3) is 16.9 Å². The Morgan fingerprint density at radius 2 is 1.85 bits per heavy atom. The van der Waals surface area contributed by atoms with Crippen molar-refractivity contribution in [1.29, 1.82) is 0 Å².